The first-order valence-electron chi connectivity index (χ1n) is 6.52. The fraction of sp³-hybridized carbons (Fsp3) is 0.667. The first-order valence-corrected chi connectivity index (χ1v) is 6.52. The molecule has 0 aliphatic heterocycles. The van der Waals surface area contributed by atoms with Gasteiger partial charge in [-0.25, -0.2) is 0 Å². The Morgan fingerprint density at radius 2 is 2.35 bits per heavy atom. The third-order valence-electron chi connectivity index (χ3n) is 3.77. The lowest BCUT2D eigenvalue weighted by molar-refractivity contribution is -0.104. The van der Waals surface area contributed by atoms with Gasteiger partial charge in [-0.05, 0) is 56.9 Å². The number of hydrogen-bond donors (Lipinski definition) is 1. The van der Waals surface area contributed by atoms with Crippen LogP contribution in [0.3, 0.4) is 0 Å². The average molecular weight is 236 g/mol. The number of aliphatic hydroxyl groups excluding tert-OH is 1. The van der Waals surface area contributed by atoms with Crippen LogP contribution in [0.25, 0.3) is 0 Å². The summed E-state index contributed by atoms with van der Waals surface area (Å²) in [5, 5.41) is 10.0. The van der Waals surface area contributed by atoms with Crippen LogP contribution in [-0.2, 0) is 4.79 Å². The number of carbonyl (C=O) groups excluding carboxylic acids is 1. The van der Waals surface area contributed by atoms with Crippen molar-refractivity contribution >= 4 is 6.29 Å². The fourth-order valence-electron chi connectivity index (χ4n) is 2.52. The zero-order chi connectivity index (χ0) is 12.8. The smallest absolute Gasteiger partial charge is 0.145 e. The Balaban J connectivity index is 2.43. The van der Waals surface area contributed by atoms with E-state index in [0.29, 0.717) is 11.8 Å². The van der Waals surface area contributed by atoms with Gasteiger partial charge in [0, 0.05) is 0 Å². The molecule has 0 heterocycles. The summed E-state index contributed by atoms with van der Waals surface area (Å²) in [5.74, 6) is 0.883. The predicted octanol–water partition coefficient (Wildman–Crippen LogP) is 3.27. The normalized spacial score (nSPS) is 27.5. The van der Waals surface area contributed by atoms with E-state index in [1.165, 1.54) is 5.57 Å². The lowest BCUT2D eigenvalue weighted by Crippen LogP contribution is -2.28. The number of hydrogen-bond acceptors (Lipinski definition) is 2. The second-order valence-electron chi connectivity index (χ2n) is 5.33. The molecule has 0 aromatic rings. The minimum atomic E-state index is -0.283. The standard InChI is InChI=1S/C15H24O2/c1-11-7-8-14(15(17)9-11)13(3)6-4-5-12(2)10-16/h5,9-10,13-15,17H,4,6-8H2,1-3H3/b12-5+/t13-,14-,15+/m1/s1. The van der Waals surface area contributed by atoms with Crippen LogP contribution in [0.1, 0.15) is 46.5 Å². The van der Waals surface area contributed by atoms with Crippen molar-refractivity contribution in [1.29, 1.82) is 0 Å². The molecule has 0 radical (unpaired) electrons. The van der Waals surface area contributed by atoms with Crippen LogP contribution in [0.15, 0.2) is 23.3 Å². The van der Waals surface area contributed by atoms with E-state index < -0.39 is 0 Å². The Labute approximate surface area is 104 Å². The minimum Gasteiger partial charge on any atom is -0.389 e. The summed E-state index contributed by atoms with van der Waals surface area (Å²) in [6, 6.07) is 0. The third kappa shape index (κ3) is 4.47. The molecule has 0 saturated carbocycles. The molecule has 1 N–H and O–H groups in total. The van der Waals surface area contributed by atoms with Crippen LogP contribution in [-0.4, -0.2) is 17.5 Å². The number of aliphatic hydroxyl groups is 1. The zero-order valence-electron chi connectivity index (χ0n) is 11.1. The van der Waals surface area contributed by atoms with Gasteiger partial charge in [0.2, 0.25) is 0 Å². The first kappa shape index (κ1) is 14.2. The Morgan fingerprint density at radius 3 is 2.94 bits per heavy atom. The van der Waals surface area contributed by atoms with Crippen molar-refractivity contribution in [3.63, 3.8) is 0 Å². The molecule has 17 heavy (non-hydrogen) atoms. The van der Waals surface area contributed by atoms with Crippen LogP contribution in [0.4, 0.5) is 0 Å². The monoisotopic (exact) mass is 236 g/mol. The molecule has 0 amide bonds. The number of aldehydes is 1. The molecule has 0 aromatic heterocycles. The van der Waals surface area contributed by atoms with Gasteiger partial charge in [0.1, 0.15) is 6.29 Å². The molecule has 0 aromatic carbocycles. The van der Waals surface area contributed by atoms with Crippen molar-refractivity contribution in [1.82, 2.24) is 0 Å². The molecule has 2 heteroatoms. The second kappa shape index (κ2) is 6.75. The van der Waals surface area contributed by atoms with Crippen molar-refractivity contribution in [3.8, 4) is 0 Å². The van der Waals surface area contributed by atoms with Crippen molar-refractivity contribution < 1.29 is 9.90 Å². The van der Waals surface area contributed by atoms with Gasteiger partial charge >= 0.3 is 0 Å². The van der Waals surface area contributed by atoms with Gasteiger partial charge in [-0.2, -0.15) is 0 Å². The van der Waals surface area contributed by atoms with E-state index in [4.69, 9.17) is 0 Å². The average Bonchev–Trinajstić information content (AvgIpc) is 2.28. The first-order chi connectivity index (χ1) is 8.04. The Bertz CT molecular complexity index is 315. The molecule has 96 valence electrons. The molecule has 1 aliphatic carbocycles. The molecule has 0 spiro atoms. The highest BCUT2D eigenvalue weighted by atomic mass is 16.3. The van der Waals surface area contributed by atoms with E-state index in [9.17, 15) is 9.90 Å². The molecule has 0 saturated heterocycles. The summed E-state index contributed by atoms with van der Waals surface area (Å²) in [4.78, 5) is 10.5. The van der Waals surface area contributed by atoms with Gasteiger partial charge in [0.25, 0.3) is 0 Å². The molecule has 0 fully saturated rings. The summed E-state index contributed by atoms with van der Waals surface area (Å²) in [6.07, 6.45) is 8.76. The van der Waals surface area contributed by atoms with E-state index in [2.05, 4.69) is 13.8 Å². The molecule has 0 bridgehead atoms. The minimum absolute atomic E-state index is 0.283. The van der Waals surface area contributed by atoms with E-state index in [1.54, 1.807) is 0 Å². The van der Waals surface area contributed by atoms with E-state index in [1.807, 2.05) is 19.1 Å². The molecule has 1 aliphatic rings. The summed E-state index contributed by atoms with van der Waals surface area (Å²) in [6.45, 7) is 6.12. The van der Waals surface area contributed by atoms with Crippen LogP contribution < -0.4 is 0 Å². The number of allylic oxidation sites excluding steroid dienone is 3. The quantitative estimate of drug-likeness (QED) is 0.452. The summed E-state index contributed by atoms with van der Waals surface area (Å²) >= 11 is 0. The van der Waals surface area contributed by atoms with Crippen LogP contribution in [0, 0.1) is 11.8 Å². The van der Waals surface area contributed by atoms with Crippen molar-refractivity contribution in [2.75, 3.05) is 0 Å². The van der Waals surface area contributed by atoms with Gasteiger partial charge in [-0.15, -0.1) is 0 Å². The maximum atomic E-state index is 10.5. The Kier molecular flexibility index (Phi) is 5.63. The van der Waals surface area contributed by atoms with Gasteiger partial charge in [0.15, 0.2) is 0 Å². The van der Waals surface area contributed by atoms with Crippen molar-refractivity contribution in [3.05, 3.63) is 23.3 Å². The molecular weight excluding hydrogens is 212 g/mol. The molecule has 1 rings (SSSR count). The maximum Gasteiger partial charge on any atom is 0.145 e. The largest absolute Gasteiger partial charge is 0.389 e. The lowest BCUT2D eigenvalue weighted by Gasteiger charge is -2.30. The lowest BCUT2D eigenvalue weighted by atomic mass is 9.78. The molecule has 2 nitrogen and oxygen atoms in total. The SMILES string of the molecule is CC1=C[C@H](O)[C@@H]([C@H](C)CC/C=C(\C)C=O)CC1. The van der Waals surface area contributed by atoms with Crippen LogP contribution in [0.2, 0.25) is 0 Å². The van der Waals surface area contributed by atoms with E-state index >= 15 is 0 Å². The van der Waals surface area contributed by atoms with Crippen LogP contribution in [0.5, 0.6) is 0 Å². The Hall–Kier alpha value is -0.890. The molecule has 0 unspecified atom stereocenters. The summed E-state index contributed by atoms with van der Waals surface area (Å²) < 4.78 is 0. The number of carbonyl (C=O) groups is 1. The highest BCUT2D eigenvalue weighted by Crippen LogP contribution is 2.31. The maximum absolute atomic E-state index is 10.5. The highest BCUT2D eigenvalue weighted by Gasteiger charge is 2.26. The van der Waals surface area contributed by atoms with Gasteiger partial charge in [-0.1, -0.05) is 24.6 Å². The van der Waals surface area contributed by atoms with Gasteiger partial charge in [-0.3, -0.25) is 4.79 Å². The number of rotatable bonds is 5. The predicted molar refractivity (Wildman–Crippen MR) is 70.7 cm³/mol. The van der Waals surface area contributed by atoms with Crippen molar-refractivity contribution in [2.45, 2.75) is 52.6 Å². The summed E-state index contributed by atoms with van der Waals surface area (Å²) in [5.41, 5.74) is 2.11. The highest BCUT2D eigenvalue weighted by molar-refractivity contribution is 5.71. The fourth-order valence-corrected chi connectivity index (χ4v) is 2.52. The van der Waals surface area contributed by atoms with Crippen molar-refractivity contribution in [2.24, 2.45) is 11.8 Å². The van der Waals surface area contributed by atoms with E-state index in [-0.39, 0.29) is 6.10 Å². The van der Waals surface area contributed by atoms with Crippen LogP contribution >= 0.6 is 0 Å². The topological polar surface area (TPSA) is 37.3 Å². The Morgan fingerprint density at radius 1 is 1.65 bits per heavy atom. The summed E-state index contributed by atoms with van der Waals surface area (Å²) in [7, 11) is 0. The van der Waals surface area contributed by atoms with Gasteiger partial charge < -0.3 is 5.11 Å². The molecular formula is C15H24O2. The van der Waals surface area contributed by atoms with E-state index in [0.717, 1.165) is 37.5 Å². The van der Waals surface area contributed by atoms with Gasteiger partial charge in [0.05, 0.1) is 6.10 Å². The second-order valence-corrected chi connectivity index (χ2v) is 5.33. The third-order valence-corrected chi connectivity index (χ3v) is 3.77. The molecule has 3 atom stereocenters. The zero-order valence-corrected chi connectivity index (χ0v) is 11.1.